The maximum Gasteiger partial charge on any atom is 0.191 e. The van der Waals surface area contributed by atoms with Gasteiger partial charge in [0.15, 0.2) is 5.96 Å². The first-order valence-corrected chi connectivity index (χ1v) is 6.56. The highest BCUT2D eigenvalue weighted by molar-refractivity contribution is 14.0. The Morgan fingerprint density at radius 3 is 2.74 bits per heavy atom. The minimum Gasteiger partial charge on any atom is -0.507 e. The molecule has 0 unspecified atom stereocenters. The Balaban J connectivity index is 0.00000180. The number of aromatic hydroxyl groups is 1. The topological polar surface area (TPSA) is 71.1 Å². The number of hydrogen-bond donors (Lipinski definition) is 2. The van der Waals surface area contributed by atoms with Crippen molar-refractivity contribution < 1.29 is 9.84 Å². The van der Waals surface area contributed by atoms with Crippen LogP contribution in [-0.4, -0.2) is 42.3 Å². The number of nitrogens with two attached hydrogens (primary N) is 1. The van der Waals surface area contributed by atoms with Crippen molar-refractivity contribution in [2.45, 2.75) is 6.54 Å². The smallest absolute Gasteiger partial charge is 0.191 e. The molecule has 0 bridgehead atoms. The molecule has 1 fully saturated rings. The summed E-state index contributed by atoms with van der Waals surface area (Å²) in [6, 6.07) is 5.31. The molecule has 0 saturated carbocycles. The third kappa shape index (κ3) is 4.81. The van der Waals surface area contributed by atoms with Crippen LogP contribution in [0.5, 0.6) is 5.75 Å². The second-order valence-corrected chi connectivity index (χ2v) is 4.91. The minimum atomic E-state index is 0. The standard InChI is InChI=1S/C12H16BrN3O2.HI/c13-10-7-9(1-2-11(10)17)8-15-12(14)16-3-5-18-6-4-16;/h1-2,7,17H,3-6,8H2,(H2,14,15);1H. The number of phenols is 1. The Kier molecular flexibility index (Phi) is 6.87. The molecule has 0 atom stereocenters. The molecule has 0 aliphatic carbocycles. The zero-order chi connectivity index (χ0) is 13.0. The van der Waals surface area contributed by atoms with E-state index in [1.54, 1.807) is 6.07 Å². The molecule has 0 aromatic heterocycles. The van der Waals surface area contributed by atoms with Gasteiger partial charge >= 0.3 is 0 Å². The van der Waals surface area contributed by atoms with Gasteiger partial charge in [0.2, 0.25) is 0 Å². The SMILES string of the molecule is I.NC(=NCc1ccc(O)c(Br)c1)N1CCOCC1. The third-order valence-electron chi connectivity index (χ3n) is 2.77. The van der Waals surface area contributed by atoms with Crippen LogP contribution in [0.2, 0.25) is 0 Å². The maximum absolute atomic E-state index is 9.40. The van der Waals surface area contributed by atoms with Crippen LogP contribution >= 0.6 is 39.9 Å². The number of nitrogens with zero attached hydrogens (tertiary/aromatic N) is 2. The monoisotopic (exact) mass is 441 g/mol. The molecule has 0 spiro atoms. The molecule has 1 saturated heterocycles. The Morgan fingerprint density at radius 2 is 2.11 bits per heavy atom. The Labute approximate surface area is 138 Å². The van der Waals surface area contributed by atoms with E-state index in [-0.39, 0.29) is 29.7 Å². The fourth-order valence-corrected chi connectivity index (χ4v) is 2.14. The summed E-state index contributed by atoms with van der Waals surface area (Å²) < 4.78 is 5.92. The molecule has 5 nitrogen and oxygen atoms in total. The first-order chi connectivity index (χ1) is 8.66. The largest absolute Gasteiger partial charge is 0.507 e. The van der Waals surface area contributed by atoms with Crippen molar-refractivity contribution in [3.63, 3.8) is 0 Å². The van der Waals surface area contributed by atoms with Crippen molar-refractivity contribution >= 4 is 45.9 Å². The van der Waals surface area contributed by atoms with Crippen molar-refractivity contribution in [2.75, 3.05) is 26.3 Å². The van der Waals surface area contributed by atoms with Crippen molar-refractivity contribution in [3.05, 3.63) is 28.2 Å². The zero-order valence-corrected chi connectivity index (χ0v) is 14.3. The van der Waals surface area contributed by atoms with E-state index < -0.39 is 0 Å². The summed E-state index contributed by atoms with van der Waals surface area (Å²) in [5.74, 6) is 0.770. The van der Waals surface area contributed by atoms with Gasteiger partial charge in [-0.05, 0) is 33.6 Å². The number of benzene rings is 1. The van der Waals surface area contributed by atoms with Crippen LogP contribution in [0.4, 0.5) is 0 Å². The Hall–Kier alpha value is -0.540. The van der Waals surface area contributed by atoms with Crippen LogP contribution in [0, 0.1) is 0 Å². The van der Waals surface area contributed by atoms with Gasteiger partial charge in [-0.25, -0.2) is 4.99 Å². The summed E-state index contributed by atoms with van der Waals surface area (Å²) in [6.45, 7) is 3.47. The number of ether oxygens (including phenoxy) is 1. The molecule has 0 radical (unpaired) electrons. The zero-order valence-electron chi connectivity index (χ0n) is 10.4. The van der Waals surface area contributed by atoms with Crippen LogP contribution in [0.1, 0.15) is 5.56 Å². The second kappa shape index (κ2) is 7.91. The van der Waals surface area contributed by atoms with Gasteiger partial charge in [-0.1, -0.05) is 6.07 Å². The summed E-state index contributed by atoms with van der Waals surface area (Å²) in [6.07, 6.45) is 0. The van der Waals surface area contributed by atoms with Gasteiger partial charge in [0.1, 0.15) is 5.75 Å². The van der Waals surface area contributed by atoms with Crippen molar-refractivity contribution in [3.8, 4) is 5.75 Å². The molecule has 1 aliphatic rings. The summed E-state index contributed by atoms with van der Waals surface area (Å²) in [4.78, 5) is 6.36. The van der Waals surface area contributed by atoms with Gasteiger partial charge in [0, 0.05) is 13.1 Å². The first-order valence-electron chi connectivity index (χ1n) is 5.77. The third-order valence-corrected chi connectivity index (χ3v) is 3.41. The quantitative estimate of drug-likeness (QED) is 0.418. The van der Waals surface area contributed by atoms with E-state index in [2.05, 4.69) is 20.9 Å². The second-order valence-electron chi connectivity index (χ2n) is 4.06. The highest BCUT2D eigenvalue weighted by Crippen LogP contribution is 2.24. The van der Waals surface area contributed by atoms with Crippen LogP contribution in [0.15, 0.2) is 27.7 Å². The van der Waals surface area contributed by atoms with Gasteiger partial charge in [-0.3, -0.25) is 0 Å². The predicted molar refractivity (Wildman–Crippen MR) is 88.9 cm³/mol. The number of guanidine groups is 1. The molecule has 1 heterocycles. The van der Waals surface area contributed by atoms with Gasteiger partial charge in [-0.2, -0.15) is 0 Å². The van der Waals surface area contributed by atoms with E-state index in [0.717, 1.165) is 18.7 Å². The number of hydrogen-bond acceptors (Lipinski definition) is 3. The minimum absolute atomic E-state index is 0. The first kappa shape index (κ1) is 16.5. The van der Waals surface area contributed by atoms with E-state index >= 15 is 0 Å². The van der Waals surface area contributed by atoms with Gasteiger partial charge in [0.25, 0.3) is 0 Å². The number of phenolic OH excluding ortho intramolecular Hbond substituents is 1. The van der Waals surface area contributed by atoms with E-state index in [1.165, 1.54) is 0 Å². The summed E-state index contributed by atoms with van der Waals surface area (Å²) in [5.41, 5.74) is 6.92. The molecule has 3 N–H and O–H groups in total. The Bertz CT molecular complexity index is 451. The normalized spacial score (nSPS) is 16.1. The lowest BCUT2D eigenvalue weighted by Crippen LogP contribution is -2.44. The molecule has 1 aromatic rings. The number of halogens is 2. The van der Waals surface area contributed by atoms with Crippen LogP contribution < -0.4 is 5.73 Å². The van der Waals surface area contributed by atoms with Crippen molar-refractivity contribution in [1.82, 2.24) is 4.90 Å². The van der Waals surface area contributed by atoms with Crippen LogP contribution in [0.25, 0.3) is 0 Å². The lowest BCUT2D eigenvalue weighted by molar-refractivity contribution is 0.0674. The lowest BCUT2D eigenvalue weighted by Gasteiger charge is -2.27. The Morgan fingerprint density at radius 1 is 1.42 bits per heavy atom. The fourth-order valence-electron chi connectivity index (χ4n) is 1.71. The maximum atomic E-state index is 9.40. The summed E-state index contributed by atoms with van der Waals surface area (Å²) in [7, 11) is 0. The highest BCUT2D eigenvalue weighted by atomic mass is 127. The predicted octanol–water partition coefficient (Wildman–Crippen LogP) is 1.92. The molecule has 2 rings (SSSR count). The molecular weight excluding hydrogens is 425 g/mol. The number of rotatable bonds is 2. The molecular formula is C12H17BrIN3O2. The van der Waals surface area contributed by atoms with Crippen molar-refractivity contribution in [1.29, 1.82) is 0 Å². The lowest BCUT2D eigenvalue weighted by atomic mass is 10.2. The molecule has 1 aromatic carbocycles. The highest BCUT2D eigenvalue weighted by Gasteiger charge is 2.11. The molecule has 19 heavy (non-hydrogen) atoms. The van der Waals surface area contributed by atoms with E-state index in [0.29, 0.717) is 30.2 Å². The van der Waals surface area contributed by atoms with Gasteiger partial charge < -0.3 is 20.5 Å². The van der Waals surface area contributed by atoms with E-state index in [9.17, 15) is 5.11 Å². The number of aliphatic imine (C=N–C) groups is 1. The van der Waals surface area contributed by atoms with Gasteiger partial charge in [-0.15, -0.1) is 24.0 Å². The average Bonchev–Trinajstić information content (AvgIpc) is 2.41. The molecule has 1 aliphatic heterocycles. The van der Waals surface area contributed by atoms with E-state index in [1.807, 2.05) is 17.0 Å². The molecule has 106 valence electrons. The number of morpholine rings is 1. The molecule has 0 amide bonds. The fraction of sp³-hybridized carbons (Fsp3) is 0.417. The molecule has 7 heteroatoms. The summed E-state index contributed by atoms with van der Waals surface area (Å²) >= 11 is 3.27. The van der Waals surface area contributed by atoms with E-state index in [4.69, 9.17) is 10.5 Å². The van der Waals surface area contributed by atoms with Crippen LogP contribution in [0.3, 0.4) is 0 Å². The average molecular weight is 442 g/mol. The summed E-state index contributed by atoms with van der Waals surface area (Å²) in [5, 5.41) is 9.40. The van der Waals surface area contributed by atoms with Crippen molar-refractivity contribution in [2.24, 2.45) is 10.7 Å². The van der Waals surface area contributed by atoms with Crippen LogP contribution in [-0.2, 0) is 11.3 Å². The van der Waals surface area contributed by atoms with Gasteiger partial charge in [0.05, 0.1) is 24.2 Å².